The molecular formula is C14H17N3O. The number of benzene rings is 1. The van der Waals surface area contributed by atoms with E-state index >= 15 is 0 Å². The van der Waals surface area contributed by atoms with Crippen molar-refractivity contribution in [3.8, 4) is 5.75 Å². The van der Waals surface area contributed by atoms with E-state index in [-0.39, 0.29) is 6.04 Å². The van der Waals surface area contributed by atoms with Gasteiger partial charge in [-0.3, -0.25) is 0 Å². The van der Waals surface area contributed by atoms with E-state index in [0.717, 1.165) is 17.0 Å². The Morgan fingerprint density at radius 2 is 2.11 bits per heavy atom. The van der Waals surface area contributed by atoms with Crippen LogP contribution in [-0.2, 0) is 6.54 Å². The minimum absolute atomic E-state index is 0.205. The summed E-state index contributed by atoms with van der Waals surface area (Å²) in [6.45, 7) is 2.82. The lowest BCUT2D eigenvalue weighted by Gasteiger charge is -2.16. The number of nitrogens with one attached hydrogen (secondary N) is 1. The van der Waals surface area contributed by atoms with Crippen LogP contribution in [0, 0.1) is 0 Å². The van der Waals surface area contributed by atoms with Gasteiger partial charge in [0.15, 0.2) is 0 Å². The zero-order valence-corrected chi connectivity index (χ0v) is 10.6. The van der Waals surface area contributed by atoms with Crippen molar-refractivity contribution in [3.63, 3.8) is 0 Å². The Labute approximate surface area is 107 Å². The first-order chi connectivity index (χ1) is 8.81. The summed E-state index contributed by atoms with van der Waals surface area (Å²) in [4.78, 5) is 8.08. The predicted octanol–water partition coefficient (Wildman–Crippen LogP) is 2.34. The van der Waals surface area contributed by atoms with E-state index in [1.54, 1.807) is 19.6 Å². The van der Waals surface area contributed by atoms with Crippen molar-refractivity contribution in [2.24, 2.45) is 0 Å². The normalized spacial score (nSPS) is 12.1. The van der Waals surface area contributed by atoms with E-state index in [1.807, 2.05) is 24.3 Å². The third-order valence-electron chi connectivity index (χ3n) is 2.84. The minimum Gasteiger partial charge on any atom is -0.496 e. The maximum atomic E-state index is 5.35. The number of rotatable bonds is 5. The molecule has 0 amide bonds. The number of ether oxygens (including phenoxy) is 1. The molecule has 2 aromatic rings. The molecule has 1 atom stereocenters. The molecular weight excluding hydrogens is 226 g/mol. The fraction of sp³-hybridized carbons (Fsp3) is 0.286. The fourth-order valence-electron chi connectivity index (χ4n) is 1.81. The summed E-state index contributed by atoms with van der Waals surface area (Å²) in [5.74, 6) is 0.903. The van der Waals surface area contributed by atoms with Gasteiger partial charge in [0, 0.05) is 24.3 Å². The lowest BCUT2D eigenvalue weighted by atomic mass is 10.1. The highest BCUT2D eigenvalue weighted by atomic mass is 16.5. The second kappa shape index (κ2) is 6.12. The van der Waals surface area contributed by atoms with Crippen molar-refractivity contribution in [3.05, 3.63) is 54.1 Å². The molecule has 0 spiro atoms. The Kier molecular flexibility index (Phi) is 4.25. The van der Waals surface area contributed by atoms with E-state index in [0.29, 0.717) is 6.54 Å². The first-order valence-corrected chi connectivity index (χ1v) is 5.92. The fourth-order valence-corrected chi connectivity index (χ4v) is 1.81. The largest absolute Gasteiger partial charge is 0.496 e. The van der Waals surface area contributed by atoms with Crippen LogP contribution in [0.15, 0.2) is 42.9 Å². The molecule has 1 aromatic heterocycles. The van der Waals surface area contributed by atoms with E-state index in [2.05, 4.69) is 28.3 Å². The topological polar surface area (TPSA) is 47.0 Å². The van der Waals surface area contributed by atoms with Crippen LogP contribution in [0.5, 0.6) is 5.75 Å². The Morgan fingerprint density at radius 3 is 2.83 bits per heavy atom. The number of hydrogen-bond donors (Lipinski definition) is 1. The first-order valence-electron chi connectivity index (χ1n) is 5.92. The third kappa shape index (κ3) is 3.05. The zero-order chi connectivity index (χ0) is 12.8. The van der Waals surface area contributed by atoms with Crippen LogP contribution in [0.25, 0.3) is 0 Å². The highest BCUT2D eigenvalue weighted by molar-refractivity contribution is 5.35. The second-order valence-corrected chi connectivity index (χ2v) is 4.05. The molecule has 0 bridgehead atoms. The monoisotopic (exact) mass is 243 g/mol. The van der Waals surface area contributed by atoms with Gasteiger partial charge < -0.3 is 10.1 Å². The lowest BCUT2D eigenvalue weighted by Crippen LogP contribution is -2.19. The molecule has 1 heterocycles. The zero-order valence-electron chi connectivity index (χ0n) is 10.6. The molecule has 1 N–H and O–H groups in total. The summed E-state index contributed by atoms with van der Waals surface area (Å²) >= 11 is 0. The van der Waals surface area contributed by atoms with Gasteiger partial charge in [-0.05, 0) is 19.1 Å². The summed E-state index contributed by atoms with van der Waals surface area (Å²) < 4.78 is 5.35. The number of aromatic nitrogens is 2. The van der Waals surface area contributed by atoms with Gasteiger partial charge in [-0.15, -0.1) is 0 Å². The molecule has 2 rings (SSSR count). The molecule has 4 nitrogen and oxygen atoms in total. The van der Waals surface area contributed by atoms with Crippen molar-refractivity contribution >= 4 is 0 Å². The number of para-hydroxylation sites is 1. The molecule has 0 saturated carbocycles. The molecule has 0 aliphatic heterocycles. The number of hydrogen-bond acceptors (Lipinski definition) is 4. The minimum atomic E-state index is 0.205. The summed E-state index contributed by atoms with van der Waals surface area (Å²) in [5.41, 5.74) is 2.13. The molecule has 0 aliphatic carbocycles. The average molecular weight is 243 g/mol. The quantitative estimate of drug-likeness (QED) is 0.875. The van der Waals surface area contributed by atoms with Crippen LogP contribution >= 0.6 is 0 Å². The molecule has 94 valence electrons. The molecule has 0 aliphatic rings. The van der Waals surface area contributed by atoms with E-state index in [9.17, 15) is 0 Å². The van der Waals surface area contributed by atoms with Crippen LogP contribution in [0.2, 0.25) is 0 Å². The second-order valence-electron chi connectivity index (χ2n) is 4.05. The van der Waals surface area contributed by atoms with Gasteiger partial charge in [0.1, 0.15) is 12.1 Å². The summed E-state index contributed by atoms with van der Waals surface area (Å²) in [6, 6.07) is 10.1. The highest BCUT2D eigenvalue weighted by Crippen LogP contribution is 2.24. The Balaban J connectivity index is 2.01. The van der Waals surface area contributed by atoms with Gasteiger partial charge in [-0.1, -0.05) is 18.2 Å². The molecule has 0 fully saturated rings. The smallest absolute Gasteiger partial charge is 0.123 e. The average Bonchev–Trinajstić information content (AvgIpc) is 2.45. The van der Waals surface area contributed by atoms with Crippen LogP contribution in [0.1, 0.15) is 24.2 Å². The van der Waals surface area contributed by atoms with Crippen molar-refractivity contribution < 1.29 is 4.74 Å². The Morgan fingerprint density at radius 1 is 1.28 bits per heavy atom. The van der Waals surface area contributed by atoms with Gasteiger partial charge >= 0.3 is 0 Å². The van der Waals surface area contributed by atoms with Gasteiger partial charge in [0.05, 0.1) is 12.8 Å². The van der Waals surface area contributed by atoms with Gasteiger partial charge in [-0.25, -0.2) is 9.97 Å². The van der Waals surface area contributed by atoms with Crippen molar-refractivity contribution in [1.29, 1.82) is 0 Å². The van der Waals surface area contributed by atoms with Crippen LogP contribution in [-0.4, -0.2) is 17.1 Å². The summed E-state index contributed by atoms with van der Waals surface area (Å²) in [6.07, 6.45) is 3.31. The highest BCUT2D eigenvalue weighted by Gasteiger charge is 2.10. The SMILES string of the molecule is COc1ccccc1[C@H](C)NCc1ccncn1. The third-order valence-corrected chi connectivity index (χ3v) is 2.84. The number of nitrogens with zero attached hydrogens (tertiary/aromatic N) is 2. The van der Waals surface area contributed by atoms with E-state index in [1.165, 1.54) is 0 Å². The van der Waals surface area contributed by atoms with Crippen molar-refractivity contribution in [1.82, 2.24) is 15.3 Å². The first kappa shape index (κ1) is 12.5. The van der Waals surface area contributed by atoms with Gasteiger partial charge in [0.25, 0.3) is 0 Å². The Hall–Kier alpha value is -1.94. The summed E-state index contributed by atoms with van der Waals surface area (Å²) in [7, 11) is 1.69. The Bertz CT molecular complexity index is 487. The standard InChI is InChI=1S/C14H17N3O/c1-11(13-5-3-4-6-14(13)18-2)16-9-12-7-8-15-10-17-12/h3-8,10-11,16H,9H2,1-2H3/t11-/m0/s1. The van der Waals surface area contributed by atoms with E-state index < -0.39 is 0 Å². The summed E-state index contributed by atoms with van der Waals surface area (Å²) in [5, 5.41) is 3.42. The lowest BCUT2D eigenvalue weighted by molar-refractivity contribution is 0.401. The predicted molar refractivity (Wildman–Crippen MR) is 70.3 cm³/mol. The van der Waals surface area contributed by atoms with Crippen molar-refractivity contribution in [2.45, 2.75) is 19.5 Å². The molecule has 0 radical (unpaired) electrons. The maximum absolute atomic E-state index is 5.35. The van der Waals surface area contributed by atoms with E-state index in [4.69, 9.17) is 4.74 Å². The maximum Gasteiger partial charge on any atom is 0.123 e. The molecule has 0 unspecified atom stereocenters. The number of methoxy groups -OCH3 is 1. The van der Waals surface area contributed by atoms with Crippen LogP contribution in [0.4, 0.5) is 0 Å². The molecule has 4 heteroatoms. The molecule has 0 saturated heterocycles. The van der Waals surface area contributed by atoms with Gasteiger partial charge in [0.2, 0.25) is 0 Å². The van der Waals surface area contributed by atoms with Crippen LogP contribution in [0.3, 0.4) is 0 Å². The van der Waals surface area contributed by atoms with Gasteiger partial charge in [-0.2, -0.15) is 0 Å². The molecule has 18 heavy (non-hydrogen) atoms. The van der Waals surface area contributed by atoms with Crippen LogP contribution < -0.4 is 10.1 Å². The van der Waals surface area contributed by atoms with Crippen molar-refractivity contribution in [2.75, 3.05) is 7.11 Å². The molecule has 1 aromatic carbocycles.